The van der Waals surface area contributed by atoms with E-state index in [0.717, 1.165) is 28.6 Å². The third-order valence-electron chi connectivity index (χ3n) is 3.97. The zero-order chi connectivity index (χ0) is 22.0. The van der Waals surface area contributed by atoms with E-state index in [1.165, 1.54) is 12.1 Å². The Kier molecular flexibility index (Phi) is 6.45. The van der Waals surface area contributed by atoms with Crippen molar-refractivity contribution in [2.75, 3.05) is 14.1 Å². The van der Waals surface area contributed by atoms with Crippen LogP contribution in [0.1, 0.15) is 11.1 Å². The van der Waals surface area contributed by atoms with Gasteiger partial charge < -0.3 is 21.7 Å². The van der Waals surface area contributed by atoms with Crippen molar-refractivity contribution < 1.29 is 34.9 Å². The van der Waals surface area contributed by atoms with Crippen LogP contribution in [0.25, 0.3) is 22.6 Å². The normalized spacial score (nSPS) is 11.8. The molecule has 0 aromatic heterocycles. The Balaban J connectivity index is 0.000000537. The van der Waals surface area contributed by atoms with Crippen LogP contribution in [-0.2, 0) is 6.18 Å². The van der Waals surface area contributed by atoms with Crippen molar-refractivity contribution in [2.45, 2.75) is 13.1 Å². The summed E-state index contributed by atoms with van der Waals surface area (Å²) in [4.78, 5) is 0. The van der Waals surface area contributed by atoms with Crippen molar-refractivity contribution in [3.05, 3.63) is 65.0 Å². The van der Waals surface area contributed by atoms with Gasteiger partial charge in [-0.1, -0.05) is 12.1 Å². The van der Waals surface area contributed by atoms with Gasteiger partial charge in [0.1, 0.15) is 25.6 Å². The highest BCUT2D eigenvalue weighted by atomic mass is 19.5. The lowest BCUT2D eigenvalue weighted by Crippen LogP contribution is -2.21. The van der Waals surface area contributed by atoms with Crippen LogP contribution in [0.2, 0.25) is 0 Å². The first kappa shape index (κ1) is 22.5. The standard InChI is InChI=1S/C19H17F3NO.BF4/c1-12-10-17(13-4-6-14(7-5-13)19(20,21)22)24-18-11-15(23(2)3)8-9-16(12)18;2-1(3,4)5/h4-11H,1-3H3;/q+1;-1. The van der Waals surface area contributed by atoms with E-state index in [-0.39, 0.29) is 0 Å². The van der Waals surface area contributed by atoms with E-state index in [1.807, 2.05) is 49.9 Å². The van der Waals surface area contributed by atoms with Crippen LogP contribution < -0.4 is 9.93 Å². The number of hydrogen-bond acceptors (Lipinski definition) is 1. The van der Waals surface area contributed by atoms with E-state index in [9.17, 15) is 30.4 Å². The SMILES string of the molecule is Cc1cc(-c2ccc(C(F)(F)F)cc2)oc2cc(=[N+](C)C)ccc1-2.F[B-](F)(F)F. The van der Waals surface area contributed by atoms with Gasteiger partial charge in [0.15, 0.2) is 0 Å². The quantitative estimate of drug-likeness (QED) is 0.281. The number of hydrogen-bond donors (Lipinski definition) is 0. The van der Waals surface area contributed by atoms with E-state index in [0.29, 0.717) is 17.1 Å². The number of alkyl halides is 3. The zero-order valence-corrected chi connectivity index (χ0v) is 15.7. The van der Waals surface area contributed by atoms with E-state index >= 15 is 0 Å². The second-order valence-electron chi connectivity index (χ2n) is 6.44. The maximum Gasteiger partial charge on any atom is 0.673 e. The minimum atomic E-state index is -6.00. The summed E-state index contributed by atoms with van der Waals surface area (Å²) < 4.78 is 85.0. The third-order valence-corrected chi connectivity index (χ3v) is 3.97. The van der Waals surface area contributed by atoms with Crippen LogP contribution in [0.4, 0.5) is 30.4 Å². The van der Waals surface area contributed by atoms with Gasteiger partial charge in [-0.3, -0.25) is 0 Å². The van der Waals surface area contributed by atoms with Gasteiger partial charge in [0.2, 0.25) is 5.36 Å². The van der Waals surface area contributed by atoms with Gasteiger partial charge in [-0.15, -0.1) is 0 Å². The molecule has 10 heteroatoms. The minimum absolute atomic E-state index is 0.546. The van der Waals surface area contributed by atoms with Crippen LogP contribution in [0.5, 0.6) is 0 Å². The summed E-state index contributed by atoms with van der Waals surface area (Å²) in [6, 6.07) is 12.8. The molecule has 1 aliphatic heterocycles. The molecule has 0 atom stereocenters. The third kappa shape index (κ3) is 6.37. The summed E-state index contributed by atoms with van der Waals surface area (Å²) in [6.07, 6.45) is -4.34. The van der Waals surface area contributed by atoms with Crippen molar-refractivity contribution in [3.8, 4) is 22.6 Å². The Morgan fingerprint density at radius 2 is 1.38 bits per heavy atom. The Morgan fingerprint density at radius 1 is 0.828 bits per heavy atom. The van der Waals surface area contributed by atoms with E-state index < -0.39 is 19.0 Å². The molecule has 0 N–H and O–H groups in total. The Morgan fingerprint density at radius 3 is 1.86 bits per heavy atom. The summed E-state index contributed by atoms with van der Waals surface area (Å²) in [5, 5.41) is 0.996. The van der Waals surface area contributed by atoms with E-state index in [2.05, 4.69) is 0 Å². The largest absolute Gasteiger partial charge is 0.673 e. The average Bonchev–Trinajstić information content (AvgIpc) is 2.59. The molecule has 156 valence electrons. The highest BCUT2D eigenvalue weighted by Gasteiger charge is 2.30. The van der Waals surface area contributed by atoms with Crippen molar-refractivity contribution in [1.29, 1.82) is 0 Å². The van der Waals surface area contributed by atoms with Gasteiger partial charge in [0.05, 0.1) is 11.6 Å². The molecule has 1 aliphatic carbocycles. The summed E-state index contributed by atoms with van der Waals surface area (Å²) >= 11 is 0. The highest BCUT2D eigenvalue weighted by Crippen LogP contribution is 2.34. The first-order valence-corrected chi connectivity index (χ1v) is 8.35. The molecular formula is C19H17BF7NO. The summed E-state index contributed by atoms with van der Waals surface area (Å²) in [6.45, 7) is 1.96. The maximum atomic E-state index is 12.7. The van der Waals surface area contributed by atoms with Crippen LogP contribution in [0.15, 0.2) is 52.9 Å². The molecule has 0 saturated carbocycles. The van der Waals surface area contributed by atoms with Crippen LogP contribution in [-0.4, -0.2) is 21.3 Å². The number of nitrogens with zero attached hydrogens (tertiary/aromatic N) is 1. The molecule has 29 heavy (non-hydrogen) atoms. The summed E-state index contributed by atoms with van der Waals surface area (Å²) in [5.74, 6) is 1.25. The van der Waals surface area contributed by atoms with Crippen molar-refractivity contribution in [3.63, 3.8) is 0 Å². The molecule has 0 spiro atoms. The van der Waals surface area contributed by atoms with Gasteiger partial charge in [-0.05, 0) is 36.8 Å². The summed E-state index contributed by atoms with van der Waals surface area (Å²) in [7, 11) is -2.12. The molecule has 0 radical (unpaired) electrons. The molecule has 0 unspecified atom stereocenters. The van der Waals surface area contributed by atoms with Gasteiger partial charge >= 0.3 is 13.4 Å². The molecule has 0 fully saturated rings. The van der Waals surface area contributed by atoms with Crippen molar-refractivity contribution >= 4 is 7.25 Å². The number of aryl methyl sites for hydroxylation is 1. The Bertz CT molecular complexity index is 1010. The van der Waals surface area contributed by atoms with E-state index in [1.54, 1.807) is 0 Å². The molecule has 1 heterocycles. The first-order chi connectivity index (χ1) is 13.3. The molecule has 0 saturated heterocycles. The zero-order valence-electron chi connectivity index (χ0n) is 15.7. The molecule has 0 amide bonds. The Labute approximate surface area is 162 Å². The van der Waals surface area contributed by atoms with Crippen LogP contribution in [0.3, 0.4) is 0 Å². The van der Waals surface area contributed by atoms with Gasteiger partial charge in [0, 0.05) is 17.2 Å². The van der Waals surface area contributed by atoms with Gasteiger partial charge in [-0.25, -0.2) is 4.58 Å². The molecule has 0 bridgehead atoms. The lowest BCUT2D eigenvalue weighted by atomic mass is 10.0. The topological polar surface area (TPSA) is 16.1 Å². The fraction of sp³-hybridized carbons (Fsp3) is 0.211. The molecule has 2 aliphatic rings. The Hall–Kier alpha value is -2.78. The fourth-order valence-electron chi connectivity index (χ4n) is 2.59. The molecule has 2 nitrogen and oxygen atoms in total. The number of rotatable bonds is 1. The molecule has 3 rings (SSSR count). The second kappa shape index (κ2) is 8.30. The monoisotopic (exact) mass is 419 g/mol. The predicted octanol–water partition coefficient (Wildman–Crippen LogP) is 5.71. The predicted molar refractivity (Wildman–Crippen MR) is 97.8 cm³/mol. The lowest BCUT2D eigenvalue weighted by Gasteiger charge is -2.12. The van der Waals surface area contributed by atoms with Gasteiger partial charge in [0.25, 0.3) is 0 Å². The number of fused-ring (bicyclic) bond motifs is 1. The smallest absolute Gasteiger partial charge is 0.456 e. The highest BCUT2D eigenvalue weighted by molar-refractivity contribution is 6.50. The van der Waals surface area contributed by atoms with Crippen molar-refractivity contribution in [1.82, 2.24) is 4.58 Å². The lowest BCUT2D eigenvalue weighted by molar-refractivity contribution is -0.137. The molecular weight excluding hydrogens is 402 g/mol. The van der Waals surface area contributed by atoms with Gasteiger partial charge in [-0.2, -0.15) is 13.2 Å². The van der Waals surface area contributed by atoms with Crippen LogP contribution >= 0.6 is 0 Å². The number of benzene rings is 2. The van der Waals surface area contributed by atoms with Crippen molar-refractivity contribution in [2.24, 2.45) is 0 Å². The second-order valence-corrected chi connectivity index (χ2v) is 6.44. The molecule has 1 aromatic rings. The van der Waals surface area contributed by atoms with Crippen LogP contribution in [0, 0.1) is 6.92 Å². The summed E-state index contributed by atoms with van der Waals surface area (Å²) in [5.41, 5.74) is 1.94. The number of halogens is 7. The van der Waals surface area contributed by atoms with E-state index in [4.69, 9.17) is 4.42 Å². The minimum Gasteiger partial charge on any atom is -0.456 e. The fourth-order valence-corrected chi connectivity index (χ4v) is 2.59. The molecule has 1 aromatic carbocycles. The average molecular weight is 419 g/mol. The maximum absolute atomic E-state index is 12.7. The first-order valence-electron chi connectivity index (χ1n) is 8.35.